The predicted molar refractivity (Wildman–Crippen MR) is 32.0 cm³/mol. The van der Waals surface area contributed by atoms with Gasteiger partial charge in [0.2, 0.25) is 0 Å². The van der Waals surface area contributed by atoms with Crippen LogP contribution in [0.3, 0.4) is 0 Å². The third kappa shape index (κ3) is 1.31. The number of rotatable bonds is 1. The molecule has 0 aliphatic rings. The summed E-state index contributed by atoms with van der Waals surface area (Å²) in [5, 5.41) is 14.6. The molecule has 11 heavy (non-hydrogen) atoms. The van der Waals surface area contributed by atoms with Crippen LogP contribution in [-0.4, -0.2) is 32.1 Å². The zero-order chi connectivity index (χ0) is 8.43. The molecule has 0 fully saturated rings. The molecule has 0 saturated heterocycles. The molecule has 0 bridgehead atoms. The highest BCUT2D eigenvalue weighted by Crippen LogP contribution is 1.90. The van der Waals surface area contributed by atoms with Crippen LogP contribution in [0.1, 0.15) is 10.5 Å². The quantitative estimate of drug-likeness (QED) is 0.536. The lowest BCUT2D eigenvalue weighted by Crippen LogP contribution is -2.19. The Labute approximate surface area is 60.4 Å². The van der Waals surface area contributed by atoms with E-state index in [2.05, 4.69) is 10.3 Å². The standard InChI is InChI=1S/C4H4N4O3/c5-4(11)8-1-2(3(9)10)6-7-8/h1H,(H2,5,11)(H,9,10). The molecule has 0 aliphatic heterocycles. The second-order valence-electron chi connectivity index (χ2n) is 1.69. The third-order valence-corrected chi connectivity index (χ3v) is 0.938. The van der Waals surface area contributed by atoms with E-state index in [9.17, 15) is 9.59 Å². The molecule has 0 saturated carbocycles. The van der Waals surface area contributed by atoms with Gasteiger partial charge < -0.3 is 10.8 Å². The molecule has 0 unspecified atom stereocenters. The predicted octanol–water partition coefficient (Wildman–Crippen LogP) is -1.10. The highest BCUT2D eigenvalue weighted by atomic mass is 16.4. The summed E-state index contributed by atoms with van der Waals surface area (Å²) in [6, 6.07) is -0.870. The summed E-state index contributed by atoms with van der Waals surface area (Å²) < 4.78 is 0.642. The molecule has 1 heterocycles. The minimum absolute atomic E-state index is 0.316. The Morgan fingerprint density at radius 1 is 1.64 bits per heavy atom. The van der Waals surface area contributed by atoms with Gasteiger partial charge in [-0.15, -0.1) is 5.10 Å². The topological polar surface area (TPSA) is 111 Å². The molecular weight excluding hydrogens is 152 g/mol. The van der Waals surface area contributed by atoms with Gasteiger partial charge in [0.1, 0.15) is 0 Å². The van der Waals surface area contributed by atoms with Crippen molar-refractivity contribution >= 4 is 12.0 Å². The molecule has 0 radical (unpaired) electrons. The zero-order valence-electron chi connectivity index (χ0n) is 5.26. The van der Waals surface area contributed by atoms with Gasteiger partial charge in [0, 0.05) is 0 Å². The largest absolute Gasteiger partial charge is 0.476 e. The van der Waals surface area contributed by atoms with Crippen molar-refractivity contribution in [3.05, 3.63) is 11.9 Å². The monoisotopic (exact) mass is 156 g/mol. The Kier molecular flexibility index (Phi) is 1.55. The second-order valence-corrected chi connectivity index (χ2v) is 1.69. The molecule has 0 aliphatic carbocycles. The van der Waals surface area contributed by atoms with Crippen LogP contribution in [0.15, 0.2) is 6.20 Å². The SMILES string of the molecule is NC(=O)n1cc(C(=O)O)nn1. The molecule has 1 rings (SSSR count). The number of carboxylic acid groups (broad SMARTS) is 1. The van der Waals surface area contributed by atoms with Crippen LogP contribution in [0.5, 0.6) is 0 Å². The van der Waals surface area contributed by atoms with E-state index >= 15 is 0 Å². The lowest BCUT2D eigenvalue weighted by molar-refractivity contribution is 0.0690. The number of carboxylic acids is 1. The van der Waals surface area contributed by atoms with Gasteiger partial charge in [0.25, 0.3) is 0 Å². The lowest BCUT2D eigenvalue weighted by atomic mass is 10.5. The van der Waals surface area contributed by atoms with Gasteiger partial charge in [-0.3, -0.25) is 0 Å². The van der Waals surface area contributed by atoms with Crippen molar-refractivity contribution in [1.82, 2.24) is 15.0 Å². The maximum atomic E-state index is 10.3. The summed E-state index contributed by atoms with van der Waals surface area (Å²) in [4.78, 5) is 20.5. The van der Waals surface area contributed by atoms with Gasteiger partial charge >= 0.3 is 12.0 Å². The Morgan fingerprint density at radius 2 is 2.27 bits per heavy atom. The maximum Gasteiger partial charge on any atom is 0.358 e. The molecule has 3 N–H and O–H groups in total. The van der Waals surface area contributed by atoms with E-state index < -0.39 is 12.0 Å². The van der Waals surface area contributed by atoms with Gasteiger partial charge in [0.15, 0.2) is 5.69 Å². The lowest BCUT2D eigenvalue weighted by Gasteiger charge is -1.85. The van der Waals surface area contributed by atoms with Crippen LogP contribution >= 0.6 is 0 Å². The first kappa shape index (κ1) is 7.19. The molecule has 0 spiro atoms. The first-order valence-electron chi connectivity index (χ1n) is 2.56. The van der Waals surface area contributed by atoms with E-state index in [1.807, 2.05) is 0 Å². The molecular formula is C4H4N4O3. The fourth-order valence-electron chi connectivity index (χ4n) is 0.470. The van der Waals surface area contributed by atoms with Crippen molar-refractivity contribution in [1.29, 1.82) is 0 Å². The maximum absolute atomic E-state index is 10.3. The molecule has 1 aromatic rings. The van der Waals surface area contributed by atoms with Crippen LogP contribution in [-0.2, 0) is 0 Å². The highest BCUT2D eigenvalue weighted by Gasteiger charge is 2.09. The molecule has 58 valence electrons. The normalized spacial score (nSPS) is 9.45. The van der Waals surface area contributed by atoms with E-state index in [4.69, 9.17) is 10.8 Å². The number of aromatic carboxylic acids is 1. The van der Waals surface area contributed by atoms with Gasteiger partial charge in [-0.2, -0.15) is 4.68 Å². The molecule has 0 aromatic carbocycles. The number of nitrogens with two attached hydrogens (primary N) is 1. The van der Waals surface area contributed by atoms with Crippen molar-refractivity contribution in [2.45, 2.75) is 0 Å². The molecule has 7 heteroatoms. The molecule has 0 atom stereocenters. The summed E-state index contributed by atoms with van der Waals surface area (Å²) in [5.74, 6) is -1.25. The van der Waals surface area contributed by atoms with E-state index in [1.165, 1.54) is 0 Å². The number of aromatic nitrogens is 3. The van der Waals surface area contributed by atoms with Crippen molar-refractivity contribution in [3.8, 4) is 0 Å². The number of carbonyl (C=O) groups excluding carboxylic acids is 1. The van der Waals surface area contributed by atoms with Crippen molar-refractivity contribution in [2.75, 3.05) is 0 Å². The fourth-order valence-corrected chi connectivity index (χ4v) is 0.470. The van der Waals surface area contributed by atoms with Crippen LogP contribution in [0.25, 0.3) is 0 Å². The van der Waals surface area contributed by atoms with E-state index in [-0.39, 0.29) is 5.69 Å². The van der Waals surface area contributed by atoms with Crippen LogP contribution in [0.4, 0.5) is 4.79 Å². The minimum atomic E-state index is -1.25. The third-order valence-electron chi connectivity index (χ3n) is 0.938. The van der Waals surface area contributed by atoms with Crippen molar-refractivity contribution in [3.63, 3.8) is 0 Å². The number of hydrogen-bond acceptors (Lipinski definition) is 4. The smallest absolute Gasteiger partial charge is 0.358 e. The van der Waals surface area contributed by atoms with Crippen molar-refractivity contribution < 1.29 is 14.7 Å². The van der Waals surface area contributed by atoms with Crippen LogP contribution in [0.2, 0.25) is 0 Å². The van der Waals surface area contributed by atoms with Crippen LogP contribution in [0, 0.1) is 0 Å². The average molecular weight is 156 g/mol. The van der Waals surface area contributed by atoms with Gasteiger partial charge in [-0.25, -0.2) is 9.59 Å². The van der Waals surface area contributed by atoms with E-state index in [1.54, 1.807) is 0 Å². The summed E-state index contributed by atoms with van der Waals surface area (Å²) in [5.41, 5.74) is 4.44. The fraction of sp³-hybridized carbons (Fsp3) is 0. The van der Waals surface area contributed by atoms with Gasteiger partial charge in [-0.05, 0) is 0 Å². The minimum Gasteiger partial charge on any atom is -0.476 e. The van der Waals surface area contributed by atoms with E-state index in [0.29, 0.717) is 4.68 Å². The molecule has 1 amide bonds. The van der Waals surface area contributed by atoms with Gasteiger partial charge in [-0.1, -0.05) is 5.21 Å². The Balaban J connectivity index is 2.99. The van der Waals surface area contributed by atoms with Crippen LogP contribution < -0.4 is 5.73 Å². The van der Waals surface area contributed by atoms with Crippen molar-refractivity contribution in [2.24, 2.45) is 5.73 Å². The molecule has 7 nitrogen and oxygen atoms in total. The molecule has 1 aromatic heterocycles. The number of carbonyl (C=O) groups is 2. The Bertz CT molecular complexity index is 276. The number of hydrogen-bond donors (Lipinski definition) is 2. The summed E-state index contributed by atoms with van der Waals surface area (Å²) in [7, 11) is 0. The average Bonchev–Trinajstić information content (AvgIpc) is 2.33. The number of primary amides is 1. The Hall–Kier alpha value is -1.92. The summed E-state index contributed by atoms with van der Waals surface area (Å²) in [6.07, 6.45) is 0.935. The summed E-state index contributed by atoms with van der Waals surface area (Å²) >= 11 is 0. The first-order valence-corrected chi connectivity index (χ1v) is 2.56. The first-order chi connectivity index (χ1) is 5.11. The second kappa shape index (κ2) is 2.37. The number of nitrogens with zero attached hydrogens (tertiary/aromatic N) is 3. The Morgan fingerprint density at radius 3 is 2.55 bits per heavy atom. The highest BCUT2D eigenvalue weighted by molar-refractivity contribution is 5.85. The number of amides is 1. The summed E-state index contributed by atoms with van der Waals surface area (Å²) in [6.45, 7) is 0. The van der Waals surface area contributed by atoms with Gasteiger partial charge in [0.05, 0.1) is 6.20 Å². The zero-order valence-corrected chi connectivity index (χ0v) is 5.26. The van der Waals surface area contributed by atoms with E-state index in [0.717, 1.165) is 6.20 Å².